The molecule has 2 fully saturated rings. The Labute approximate surface area is 257 Å². The van der Waals surface area contributed by atoms with Gasteiger partial charge in [0.1, 0.15) is 19.0 Å². The Morgan fingerprint density at radius 2 is 1.91 bits per heavy atom. The van der Waals surface area contributed by atoms with Gasteiger partial charge in [-0.3, -0.25) is 14.6 Å². The molecule has 1 unspecified atom stereocenters. The van der Waals surface area contributed by atoms with Crippen LogP contribution >= 0.6 is 0 Å². The van der Waals surface area contributed by atoms with Crippen molar-refractivity contribution >= 4 is 27.9 Å². The molecule has 13 heteroatoms. The van der Waals surface area contributed by atoms with Crippen molar-refractivity contribution in [2.45, 2.75) is 64.0 Å². The summed E-state index contributed by atoms with van der Waals surface area (Å²) < 4.78 is 40.9. The Balaban J connectivity index is 0.990. The summed E-state index contributed by atoms with van der Waals surface area (Å²) in [7, 11) is 0. The highest BCUT2D eigenvalue weighted by atomic mass is 19.3. The number of nitrogens with zero attached hydrogens (tertiary/aromatic N) is 7. The van der Waals surface area contributed by atoms with Crippen molar-refractivity contribution in [3.05, 3.63) is 77.6 Å². The van der Waals surface area contributed by atoms with Gasteiger partial charge < -0.3 is 19.1 Å². The first-order chi connectivity index (χ1) is 21.9. The van der Waals surface area contributed by atoms with E-state index in [1.54, 1.807) is 30.5 Å². The minimum absolute atomic E-state index is 0.119. The van der Waals surface area contributed by atoms with E-state index in [0.717, 1.165) is 61.5 Å². The van der Waals surface area contributed by atoms with Gasteiger partial charge in [-0.15, -0.1) is 0 Å². The average molecular weight is 618 g/mol. The van der Waals surface area contributed by atoms with Gasteiger partial charge in [0, 0.05) is 35.9 Å². The summed E-state index contributed by atoms with van der Waals surface area (Å²) in [4.78, 5) is 28.0. The predicted octanol–water partition coefficient (Wildman–Crippen LogP) is 4.89. The monoisotopic (exact) mass is 617 g/mol. The predicted molar refractivity (Wildman–Crippen MR) is 160 cm³/mol. The average Bonchev–Trinajstić information content (AvgIpc) is 3.57. The molecule has 1 atom stereocenters. The minimum atomic E-state index is -2.50. The van der Waals surface area contributed by atoms with Crippen molar-refractivity contribution in [2.24, 2.45) is 0 Å². The van der Waals surface area contributed by atoms with Crippen LogP contribution in [0, 0.1) is 0 Å². The summed E-state index contributed by atoms with van der Waals surface area (Å²) in [5.74, 6) is 0.734. The molecule has 2 saturated heterocycles. The summed E-state index contributed by atoms with van der Waals surface area (Å²) in [6.07, 6.45) is 3.61. The number of carbonyl (C=O) groups is 1. The number of likely N-dealkylation sites (tertiary alicyclic amines) is 1. The molecule has 45 heavy (non-hydrogen) atoms. The summed E-state index contributed by atoms with van der Waals surface area (Å²) in [5, 5.41) is 14.3. The number of carboxylic acid groups (broad SMARTS) is 1. The molecule has 6 heterocycles. The van der Waals surface area contributed by atoms with Crippen LogP contribution in [0.3, 0.4) is 0 Å². The largest absolute Gasteiger partial charge is 0.478 e. The van der Waals surface area contributed by atoms with Gasteiger partial charge in [-0.2, -0.15) is 5.10 Å². The fraction of sp³-hybridized carbons (Fsp3) is 0.406. The number of aromatic nitrogens is 6. The Bertz CT molecular complexity index is 1830. The van der Waals surface area contributed by atoms with Crippen LogP contribution in [-0.4, -0.2) is 77.5 Å². The number of alkyl halides is 2. The van der Waals surface area contributed by atoms with Crippen LogP contribution in [0.15, 0.2) is 54.9 Å². The van der Waals surface area contributed by atoms with E-state index in [4.69, 9.17) is 19.4 Å². The van der Waals surface area contributed by atoms with Crippen molar-refractivity contribution in [1.29, 1.82) is 0 Å². The van der Waals surface area contributed by atoms with Gasteiger partial charge in [0.25, 0.3) is 6.43 Å². The van der Waals surface area contributed by atoms with Crippen LogP contribution < -0.4 is 4.74 Å². The Morgan fingerprint density at radius 1 is 1.07 bits per heavy atom. The summed E-state index contributed by atoms with van der Waals surface area (Å²) in [6.45, 7) is 3.51. The van der Waals surface area contributed by atoms with E-state index in [-0.39, 0.29) is 24.2 Å². The van der Waals surface area contributed by atoms with Crippen LogP contribution in [-0.2, 0) is 31.0 Å². The molecular formula is C32H33F2N7O4. The standard InChI is InChI=1S/C32H33F2N7O4/c33-29(34)17-41-27-13-23(35-14-22(27)15-36-41)19-45-31-3-1-2-25(38-31)20-6-9-39(10-7-20)18-30-37-26-5-4-21(32(42)43)12-28(26)40(30)16-24-8-11-44-24/h1-5,12-15,20,24,29H,6-11,16-19H2,(H,42,43). The molecule has 5 aromatic rings. The maximum absolute atomic E-state index is 12.9. The number of ether oxygens (including phenoxy) is 2. The molecule has 0 radical (unpaired) electrons. The first kappa shape index (κ1) is 29.2. The normalized spacial score (nSPS) is 17.7. The highest BCUT2D eigenvalue weighted by Crippen LogP contribution is 2.30. The van der Waals surface area contributed by atoms with Gasteiger partial charge in [0.2, 0.25) is 5.88 Å². The molecule has 11 nitrogen and oxygen atoms in total. The lowest BCUT2D eigenvalue weighted by molar-refractivity contribution is -0.0592. The van der Waals surface area contributed by atoms with Crippen molar-refractivity contribution in [3.63, 3.8) is 0 Å². The molecular weight excluding hydrogens is 584 g/mol. The maximum Gasteiger partial charge on any atom is 0.335 e. The number of rotatable bonds is 11. The lowest BCUT2D eigenvalue weighted by Gasteiger charge is -2.32. The van der Waals surface area contributed by atoms with Crippen LogP contribution in [0.2, 0.25) is 0 Å². The maximum atomic E-state index is 12.9. The number of fused-ring (bicyclic) bond motifs is 2. The number of imidazole rings is 1. The third kappa shape index (κ3) is 6.36. The third-order valence-corrected chi connectivity index (χ3v) is 8.63. The molecule has 2 aliphatic heterocycles. The van der Waals surface area contributed by atoms with Crippen molar-refractivity contribution < 1.29 is 28.2 Å². The Morgan fingerprint density at radius 3 is 2.67 bits per heavy atom. The first-order valence-corrected chi connectivity index (χ1v) is 15.1. The molecule has 0 saturated carbocycles. The van der Waals surface area contributed by atoms with Gasteiger partial charge >= 0.3 is 5.97 Å². The van der Waals surface area contributed by atoms with E-state index in [0.29, 0.717) is 35.6 Å². The molecule has 2 aliphatic rings. The zero-order valence-electron chi connectivity index (χ0n) is 24.6. The van der Waals surface area contributed by atoms with Crippen LogP contribution in [0.1, 0.15) is 52.8 Å². The molecule has 0 spiro atoms. The first-order valence-electron chi connectivity index (χ1n) is 15.1. The zero-order valence-corrected chi connectivity index (χ0v) is 24.6. The Kier molecular flexibility index (Phi) is 8.11. The zero-order chi connectivity index (χ0) is 30.9. The van der Waals surface area contributed by atoms with Gasteiger partial charge in [0.05, 0.1) is 53.2 Å². The molecule has 7 rings (SSSR count). The third-order valence-electron chi connectivity index (χ3n) is 8.63. The second kappa shape index (κ2) is 12.5. The van der Waals surface area contributed by atoms with E-state index >= 15 is 0 Å². The number of piperidine rings is 1. The molecule has 1 aromatic carbocycles. The van der Waals surface area contributed by atoms with Gasteiger partial charge in [0.15, 0.2) is 0 Å². The van der Waals surface area contributed by atoms with Crippen LogP contribution in [0.4, 0.5) is 8.78 Å². The van der Waals surface area contributed by atoms with E-state index in [1.807, 2.05) is 18.2 Å². The molecule has 0 bridgehead atoms. The highest BCUT2D eigenvalue weighted by Gasteiger charge is 2.26. The fourth-order valence-electron chi connectivity index (χ4n) is 6.10. The van der Waals surface area contributed by atoms with Gasteiger partial charge in [-0.05, 0) is 62.7 Å². The van der Waals surface area contributed by atoms with Gasteiger partial charge in [-0.1, -0.05) is 6.07 Å². The minimum Gasteiger partial charge on any atom is -0.478 e. The summed E-state index contributed by atoms with van der Waals surface area (Å²) >= 11 is 0. The second-order valence-electron chi connectivity index (χ2n) is 11.6. The summed E-state index contributed by atoms with van der Waals surface area (Å²) in [5.41, 5.74) is 4.03. The van der Waals surface area contributed by atoms with E-state index in [2.05, 4.69) is 19.5 Å². The molecule has 0 amide bonds. The number of benzene rings is 1. The quantitative estimate of drug-likeness (QED) is 0.221. The van der Waals surface area contributed by atoms with Gasteiger partial charge in [-0.25, -0.2) is 23.5 Å². The number of halogens is 2. The molecule has 4 aromatic heterocycles. The molecule has 0 aliphatic carbocycles. The van der Waals surface area contributed by atoms with Crippen molar-refractivity contribution in [3.8, 4) is 5.88 Å². The van der Waals surface area contributed by atoms with Crippen LogP contribution in [0.5, 0.6) is 5.88 Å². The number of hydrogen-bond acceptors (Lipinski definition) is 8. The lowest BCUT2D eigenvalue weighted by atomic mass is 9.93. The number of pyridine rings is 2. The SMILES string of the molecule is O=C(O)c1ccc2nc(CN3CCC(c4cccc(OCc5cc6c(cn5)cnn6CC(F)F)n4)CC3)n(CC3CCO3)c2c1. The van der Waals surface area contributed by atoms with Crippen molar-refractivity contribution in [1.82, 2.24) is 34.2 Å². The number of hydrogen-bond donors (Lipinski definition) is 1. The summed E-state index contributed by atoms with van der Waals surface area (Å²) in [6, 6.07) is 12.6. The number of aromatic carboxylic acids is 1. The van der Waals surface area contributed by atoms with E-state index < -0.39 is 18.9 Å². The topological polar surface area (TPSA) is 120 Å². The molecule has 1 N–H and O–H groups in total. The highest BCUT2D eigenvalue weighted by molar-refractivity contribution is 5.92. The number of carboxylic acids is 1. The second-order valence-corrected chi connectivity index (χ2v) is 11.6. The van der Waals surface area contributed by atoms with Crippen molar-refractivity contribution in [2.75, 3.05) is 19.7 Å². The van der Waals surface area contributed by atoms with Crippen LogP contribution in [0.25, 0.3) is 21.9 Å². The van der Waals surface area contributed by atoms with E-state index in [1.165, 1.54) is 10.9 Å². The molecule has 234 valence electrons. The smallest absolute Gasteiger partial charge is 0.335 e. The van der Waals surface area contributed by atoms with E-state index in [9.17, 15) is 18.7 Å². The Hall–Kier alpha value is -4.49. The lowest BCUT2D eigenvalue weighted by Crippen LogP contribution is -2.35. The fourth-order valence-corrected chi connectivity index (χ4v) is 6.10.